The molecule has 0 bridgehead atoms. The Bertz CT molecular complexity index is 890. The minimum atomic E-state index is -2.39. The third-order valence-electron chi connectivity index (χ3n) is 5.14. The molecule has 3 heteroatoms. The van der Waals surface area contributed by atoms with E-state index < -0.39 is 7.26 Å². The minimum absolute atomic E-state index is 0. The zero-order chi connectivity index (χ0) is 18.5. The number of ether oxygens (including phenoxy) is 1. The Labute approximate surface area is 178 Å². The van der Waals surface area contributed by atoms with E-state index in [1.54, 1.807) is 7.11 Å². The summed E-state index contributed by atoms with van der Waals surface area (Å²) in [5.41, 5.74) is 0. The van der Waals surface area contributed by atoms with E-state index in [0.29, 0.717) is 0 Å². The Morgan fingerprint density at radius 2 is 0.786 bits per heavy atom. The van der Waals surface area contributed by atoms with E-state index in [1.807, 2.05) is 0 Å². The molecule has 142 valence electrons. The summed E-state index contributed by atoms with van der Waals surface area (Å²) in [7, 11) is -0.678. The summed E-state index contributed by atoms with van der Waals surface area (Å²) in [4.78, 5) is 0. The average Bonchev–Trinajstić information content (AvgIpc) is 2.77. The molecule has 0 spiro atoms. The van der Waals surface area contributed by atoms with Crippen LogP contribution in [0.25, 0.3) is 0 Å². The molecule has 0 radical (unpaired) electrons. The van der Waals surface area contributed by atoms with Crippen LogP contribution in [0.3, 0.4) is 0 Å². The van der Waals surface area contributed by atoms with Crippen LogP contribution in [-0.4, -0.2) is 7.11 Å². The topological polar surface area (TPSA) is 9.23 Å². The summed E-state index contributed by atoms with van der Waals surface area (Å²) < 4.78 is 5.41. The van der Waals surface area contributed by atoms with Crippen molar-refractivity contribution in [3.8, 4) is 5.75 Å². The zero-order valence-corrected chi connectivity index (χ0v) is 18.5. The molecule has 0 atom stereocenters. The van der Waals surface area contributed by atoms with Gasteiger partial charge in [0.25, 0.3) is 0 Å². The number of rotatable bonds is 5. The fraction of sp³-hybridized carbons (Fsp3) is 0.0400. The van der Waals surface area contributed by atoms with E-state index in [2.05, 4.69) is 115 Å². The molecule has 0 aliphatic carbocycles. The van der Waals surface area contributed by atoms with Crippen LogP contribution in [0.5, 0.6) is 5.75 Å². The van der Waals surface area contributed by atoms with E-state index in [1.165, 1.54) is 21.2 Å². The molecule has 0 amide bonds. The van der Waals surface area contributed by atoms with E-state index in [-0.39, 0.29) is 17.0 Å². The average molecular weight is 451 g/mol. The molecule has 0 aliphatic rings. The van der Waals surface area contributed by atoms with Gasteiger partial charge in [-0.25, -0.2) is 0 Å². The Kier molecular flexibility index (Phi) is 6.67. The quantitative estimate of drug-likeness (QED) is 0.403. The van der Waals surface area contributed by atoms with Crippen molar-refractivity contribution in [3.05, 3.63) is 115 Å². The van der Waals surface area contributed by atoms with Gasteiger partial charge in [0.1, 0.15) is 0 Å². The van der Waals surface area contributed by atoms with Gasteiger partial charge in [-0.1, -0.05) is 0 Å². The first-order valence-corrected chi connectivity index (χ1v) is 11.2. The fourth-order valence-electron chi connectivity index (χ4n) is 3.91. The van der Waals surface area contributed by atoms with Crippen molar-refractivity contribution in [3.63, 3.8) is 0 Å². The third kappa shape index (κ3) is 3.63. The molecule has 0 heterocycles. The van der Waals surface area contributed by atoms with Gasteiger partial charge in [0, 0.05) is 0 Å². The Morgan fingerprint density at radius 1 is 0.464 bits per heavy atom. The van der Waals surface area contributed by atoms with Crippen molar-refractivity contribution in [2.75, 3.05) is 7.11 Å². The van der Waals surface area contributed by atoms with Crippen molar-refractivity contribution in [2.24, 2.45) is 0 Å². The third-order valence-corrected chi connectivity index (χ3v) is 9.94. The first-order valence-electron chi connectivity index (χ1n) is 9.17. The Balaban J connectivity index is 0.00000225. The van der Waals surface area contributed by atoms with Crippen LogP contribution in [0.2, 0.25) is 0 Å². The molecule has 0 aromatic heterocycles. The van der Waals surface area contributed by atoms with Crippen molar-refractivity contribution >= 4 is 45.5 Å². The first-order chi connectivity index (χ1) is 13.4. The summed E-state index contributed by atoms with van der Waals surface area (Å²) >= 11 is 0. The Morgan fingerprint density at radius 3 is 1.11 bits per heavy atom. The summed E-state index contributed by atoms with van der Waals surface area (Å²) in [5.74, 6) is 0.885. The predicted molar refractivity (Wildman–Crippen MR) is 129 cm³/mol. The van der Waals surface area contributed by atoms with Gasteiger partial charge in [-0.05, 0) is 0 Å². The molecule has 4 rings (SSSR count). The SMILES string of the molecule is Br.COc1ccc([PH](c2ccccc2)(c2ccccc2)c2ccccc2)cc1. The van der Waals surface area contributed by atoms with E-state index in [0.717, 1.165) is 5.75 Å². The van der Waals surface area contributed by atoms with Gasteiger partial charge < -0.3 is 0 Å². The van der Waals surface area contributed by atoms with Gasteiger partial charge >= 0.3 is 161 Å². The van der Waals surface area contributed by atoms with Crippen molar-refractivity contribution < 1.29 is 4.74 Å². The number of hydrogen-bond acceptors (Lipinski definition) is 1. The molecule has 0 saturated carbocycles. The molecular weight excluding hydrogens is 427 g/mol. The second kappa shape index (κ2) is 9.19. The monoisotopic (exact) mass is 450 g/mol. The number of hydrogen-bond donors (Lipinski definition) is 0. The van der Waals surface area contributed by atoms with Gasteiger partial charge in [0.05, 0.1) is 0 Å². The van der Waals surface area contributed by atoms with E-state index in [9.17, 15) is 0 Å². The molecule has 0 fully saturated rings. The zero-order valence-electron chi connectivity index (χ0n) is 15.8. The van der Waals surface area contributed by atoms with Crippen LogP contribution in [-0.2, 0) is 0 Å². The summed E-state index contributed by atoms with van der Waals surface area (Å²) in [5, 5.41) is 5.50. The molecule has 0 unspecified atom stereocenters. The molecule has 0 saturated heterocycles. The molecule has 0 N–H and O–H groups in total. The number of halogens is 1. The number of methoxy groups -OCH3 is 1. The van der Waals surface area contributed by atoms with Gasteiger partial charge in [-0.3, -0.25) is 0 Å². The van der Waals surface area contributed by atoms with Gasteiger partial charge in [-0.2, -0.15) is 0 Å². The standard InChI is InChI=1S/C25H23OP.BrH/c1-26-21-17-19-25(20-18-21)27(22-11-5-2-6-12-22,23-13-7-3-8-14-23)24-15-9-4-10-16-24;/h2-20,27H,1H3;1H. The molecular formula is C25H24BrOP. The molecule has 4 aromatic carbocycles. The summed E-state index contributed by atoms with van der Waals surface area (Å²) in [6.07, 6.45) is 0. The van der Waals surface area contributed by atoms with Crippen LogP contribution < -0.4 is 26.0 Å². The van der Waals surface area contributed by atoms with Crippen molar-refractivity contribution in [1.29, 1.82) is 0 Å². The maximum absolute atomic E-state index is 5.41. The predicted octanol–water partition coefficient (Wildman–Crippen LogP) is 4.62. The maximum atomic E-state index is 5.41. The molecule has 0 aliphatic heterocycles. The van der Waals surface area contributed by atoms with E-state index in [4.69, 9.17) is 4.74 Å². The number of benzene rings is 4. The van der Waals surface area contributed by atoms with Crippen molar-refractivity contribution in [2.45, 2.75) is 0 Å². The fourth-order valence-corrected chi connectivity index (χ4v) is 8.65. The molecule has 28 heavy (non-hydrogen) atoms. The summed E-state index contributed by atoms with van der Waals surface area (Å²) in [6, 6.07) is 41.4. The second-order valence-electron chi connectivity index (χ2n) is 6.58. The van der Waals surface area contributed by atoms with E-state index >= 15 is 0 Å². The normalized spacial score (nSPS) is 11.3. The molecule has 4 aromatic rings. The van der Waals surface area contributed by atoms with Gasteiger partial charge in [-0.15, -0.1) is 17.0 Å². The second-order valence-corrected chi connectivity index (χ2v) is 10.4. The van der Waals surface area contributed by atoms with Gasteiger partial charge in [0.2, 0.25) is 0 Å². The van der Waals surface area contributed by atoms with Crippen LogP contribution in [0.15, 0.2) is 115 Å². The van der Waals surface area contributed by atoms with Crippen LogP contribution in [0, 0.1) is 0 Å². The molecule has 1 nitrogen and oxygen atoms in total. The van der Waals surface area contributed by atoms with Crippen molar-refractivity contribution in [1.82, 2.24) is 0 Å². The summed E-state index contributed by atoms with van der Waals surface area (Å²) in [6.45, 7) is 0. The Hall–Kier alpha value is -2.41. The van der Waals surface area contributed by atoms with Crippen LogP contribution in [0.1, 0.15) is 0 Å². The van der Waals surface area contributed by atoms with Gasteiger partial charge in [0.15, 0.2) is 0 Å². The van der Waals surface area contributed by atoms with Crippen LogP contribution in [0.4, 0.5) is 0 Å². The first kappa shape index (κ1) is 20.3. The van der Waals surface area contributed by atoms with Crippen LogP contribution >= 0.6 is 24.2 Å².